The Morgan fingerprint density at radius 1 is 0.946 bits per heavy atom. The fourth-order valence-electron chi connectivity index (χ4n) is 2.98. The van der Waals surface area contributed by atoms with E-state index in [1.54, 1.807) is 43.3 Å². The van der Waals surface area contributed by atoms with Crippen LogP contribution >= 0.6 is 35.0 Å². The number of aromatic amines is 1. The lowest BCUT2D eigenvalue weighted by atomic mass is 10.2. The van der Waals surface area contributed by atoms with Crippen LogP contribution in [0.2, 0.25) is 10.0 Å². The van der Waals surface area contributed by atoms with E-state index in [2.05, 4.69) is 25.8 Å². The van der Waals surface area contributed by atoms with Gasteiger partial charge in [-0.3, -0.25) is 24.2 Å². The van der Waals surface area contributed by atoms with E-state index in [0.717, 1.165) is 22.9 Å². The number of H-pyrrole nitrogens is 1. The Bertz CT molecular complexity index is 1380. The van der Waals surface area contributed by atoms with E-state index < -0.39 is 24.0 Å². The van der Waals surface area contributed by atoms with Crippen molar-refractivity contribution < 1.29 is 19.1 Å². The second-order valence-corrected chi connectivity index (χ2v) is 9.71. The van der Waals surface area contributed by atoms with Crippen LogP contribution in [-0.4, -0.2) is 45.3 Å². The summed E-state index contributed by atoms with van der Waals surface area (Å²) < 4.78 is 4.96. The van der Waals surface area contributed by atoms with E-state index in [-0.39, 0.29) is 35.4 Å². The van der Waals surface area contributed by atoms with Gasteiger partial charge < -0.3 is 15.4 Å². The number of carbonyl (C=O) groups is 3. The zero-order valence-electron chi connectivity index (χ0n) is 19.9. The number of aryl methyl sites for hydroxylation is 3. The number of hydrogen-bond donors (Lipinski definition) is 3. The van der Waals surface area contributed by atoms with Gasteiger partial charge in [0.2, 0.25) is 5.91 Å². The van der Waals surface area contributed by atoms with Gasteiger partial charge in [0.1, 0.15) is 5.69 Å². The molecular weight excluding hydrogens is 541 g/mol. The fourth-order valence-corrected chi connectivity index (χ4v) is 3.92. The molecule has 0 bridgehead atoms. The molecule has 1 aromatic heterocycles. The molecule has 0 saturated heterocycles. The molecule has 37 heavy (non-hydrogen) atoms. The number of thioether (sulfide) groups is 1. The average Bonchev–Trinajstić information content (AvgIpc) is 2.85. The summed E-state index contributed by atoms with van der Waals surface area (Å²) in [4.78, 5) is 51.1. The van der Waals surface area contributed by atoms with Gasteiger partial charge in [-0.2, -0.15) is 0 Å². The van der Waals surface area contributed by atoms with Crippen LogP contribution in [0.1, 0.15) is 23.2 Å². The van der Waals surface area contributed by atoms with E-state index >= 15 is 0 Å². The Kier molecular flexibility index (Phi) is 10.1. The summed E-state index contributed by atoms with van der Waals surface area (Å²) in [5.74, 6) is -1.52. The normalized spacial score (nSPS) is 10.6. The van der Waals surface area contributed by atoms with Crippen LogP contribution in [0.4, 0.5) is 11.4 Å². The fraction of sp³-hybridized carbons (Fsp3) is 0.250. The lowest BCUT2D eigenvalue weighted by Gasteiger charge is -2.09. The molecule has 0 radical (unpaired) electrons. The van der Waals surface area contributed by atoms with Crippen LogP contribution in [0.5, 0.6) is 0 Å². The smallest absolute Gasteiger partial charge is 0.306 e. The van der Waals surface area contributed by atoms with E-state index in [9.17, 15) is 19.2 Å². The summed E-state index contributed by atoms with van der Waals surface area (Å²) in [6.45, 7) is 3.16. The zero-order chi connectivity index (χ0) is 26.9. The van der Waals surface area contributed by atoms with Gasteiger partial charge in [0.05, 0.1) is 12.2 Å². The minimum Gasteiger partial charge on any atom is -0.456 e. The molecular formula is C24H23Cl2N5O5S. The number of aromatic nitrogens is 3. The Morgan fingerprint density at radius 2 is 1.54 bits per heavy atom. The Balaban J connectivity index is 1.43. The molecule has 3 rings (SSSR count). The lowest BCUT2D eigenvalue weighted by molar-refractivity contribution is -0.147. The molecule has 0 atom stereocenters. The van der Waals surface area contributed by atoms with Crippen molar-refractivity contribution in [2.45, 2.75) is 31.8 Å². The number of rotatable bonds is 10. The maximum Gasteiger partial charge on any atom is 0.306 e. The summed E-state index contributed by atoms with van der Waals surface area (Å²) in [5.41, 5.74) is 2.27. The molecule has 0 aliphatic carbocycles. The highest BCUT2D eigenvalue weighted by molar-refractivity contribution is 7.99. The van der Waals surface area contributed by atoms with Crippen molar-refractivity contribution in [1.29, 1.82) is 0 Å². The molecule has 1 heterocycles. The Hall–Kier alpha value is -3.41. The molecule has 3 aromatic rings. The molecule has 13 heteroatoms. The van der Waals surface area contributed by atoms with Gasteiger partial charge in [-0.1, -0.05) is 47.1 Å². The highest BCUT2D eigenvalue weighted by Crippen LogP contribution is 2.21. The van der Waals surface area contributed by atoms with Crippen LogP contribution in [0.3, 0.4) is 0 Å². The first-order valence-corrected chi connectivity index (χ1v) is 12.7. The van der Waals surface area contributed by atoms with Gasteiger partial charge in [0.15, 0.2) is 11.8 Å². The molecule has 0 spiro atoms. The first-order chi connectivity index (χ1) is 17.6. The molecule has 10 nitrogen and oxygen atoms in total. The van der Waals surface area contributed by atoms with Crippen LogP contribution in [0.15, 0.2) is 46.3 Å². The molecule has 2 aromatic carbocycles. The minimum absolute atomic E-state index is 0.0149. The third-order valence-corrected chi connectivity index (χ3v) is 6.30. The largest absolute Gasteiger partial charge is 0.456 e. The maximum absolute atomic E-state index is 12.3. The maximum atomic E-state index is 12.3. The molecule has 0 saturated carbocycles. The first-order valence-electron chi connectivity index (χ1n) is 11.0. The highest BCUT2D eigenvalue weighted by Gasteiger charge is 2.13. The number of ether oxygens (including phenoxy) is 1. The predicted molar refractivity (Wildman–Crippen MR) is 142 cm³/mol. The van der Waals surface area contributed by atoms with Crippen molar-refractivity contribution in [1.82, 2.24) is 15.2 Å². The van der Waals surface area contributed by atoms with Crippen molar-refractivity contribution in [2.75, 3.05) is 23.0 Å². The number of amides is 2. The second-order valence-electron chi connectivity index (χ2n) is 7.87. The number of benzene rings is 2. The van der Waals surface area contributed by atoms with Crippen molar-refractivity contribution in [3.63, 3.8) is 0 Å². The summed E-state index contributed by atoms with van der Waals surface area (Å²) in [5, 5.41) is 14.2. The van der Waals surface area contributed by atoms with Gasteiger partial charge in [-0.05, 0) is 49.2 Å². The number of hydrogen-bond acceptors (Lipinski definition) is 8. The number of halogens is 2. The highest BCUT2D eigenvalue weighted by atomic mass is 35.5. The third kappa shape index (κ3) is 8.88. The summed E-state index contributed by atoms with van der Waals surface area (Å²) in [6, 6.07) is 10.2. The topological polar surface area (TPSA) is 143 Å². The number of carbonyl (C=O) groups excluding carboxylic acids is 3. The van der Waals surface area contributed by atoms with E-state index in [1.807, 2.05) is 6.92 Å². The van der Waals surface area contributed by atoms with E-state index in [0.29, 0.717) is 21.4 Å². The van der Waals surface area contributed by atoms with Gasteiger partial charge in [-0.25, -0.2) is 0 Å². The molecule has 0 fully saturated rings. The Morgan fingerprint density at radius 3 is 2.14 bits per heavy atom. The van der Waals surface area contributed by atoms with Gasteiger partial charge >= 0.3 is 5.97 Å². The van der Waals surface area contributed by atoms with Gasteiger partial charge in [0, 0.05) is 27.8 Å². The van der Waals surface area contributed by atoms with Crippen LogP contribution < -0.4 is 16.2 Å². The standard InChI is InChI=1S/C24H23Cl2N5O5S/c1-13-3-5-15(25)9-18(13)27-20(32)11-36-22(34)8-7-17-23(35)29-24(31-30-17)37-12-21(33)28-19-10-16(26)6-4-14(19)2/h3-6,9-10H,7-8,11-12H2,1-2H3,(H,27,32)(H,28,33)(H,29,31,35). The van der Waals surface area contributed by atoms with Crippen LogP contribution in [0.25, 0.3) is 0 Å². The number of nitrogens with zero attached hydrogens (tertiary/aromatic N) is 2. The first kappa shape index (κ1) is 28.2. The minimum atomic E-state index is -0.675. The van der Waals surface area contributed by atoms with Crippen LogP contribution in [0, 0.1) is 13.8 Å². The molecule has 194 valence electrons. The van der Waals surface area contributed by atoms with Crippen molar-refractivity contribution >= 4 is 64.1 Å². The SMILES string of the molecule is Cc1ccc(Cl)cc1NC(=O)COC(=O)CCc1nnc(SCC(=O)Nc2cc(Cl)ccc2C)[nH]c1=O. The van der Waals surface area contributed by atoms with Crippen molar-refractivity contribution in [3.05, 3.63) is 73.6 Å². The summed E-state index contributed by atoms with van der Waals surface area (Å²) >= 11 is 12.9. The average molecular weight is 564 g/mol. The van der Waals surface area contributed by atoms with Gasteiger partial charge in [0.25, 0.3) is 11.5 Å². The van der Waals surface area contributed by atoms with E-state index in [1.165, 1.54) is 0 Å². The molecule has 0 aliphatic heterocycles. The molecule has 0 aliphatic rings. The van der Waals surface area contributed by atoms with Crippen molar-refractivity contribution in [3.8, 4) is 0 Å². The number of nitrogens with one attached hydrogen (secondary N) is 3. The van der Waals surface area contributed by atoms with E-state index in [4.69, 9.17) is 27.9 Å². The summed E-state index contributed by atoms with van der Waals surface area (Å²) in [6.07, 6.45) is -0.204. The molecule has 2 amide bonds. The monoisotopic (exact) mass is 563 g/mol. The Labute approximate surface area is 226 Å². The number of esters is 1. The van der Waals surface area contributed by atoms with Gasteiger partial charge in [-0.15, -0.1) is 10.2 Å². The van der Waals surface area contributed by atoms with Crippen molar-refractivity contribution in [2.24, 2.45) is 0 Å². The van der Waals surface area contributed by atoms with Crippen LogP contribution in [-0.2, 0) is 25.5 Å². The molecule has 3 N–H and O–H groups in total. The zero-order valence-corrected chi connectivity index (χ0v) is 22.2. The summed E-state index contributed by atoms with van der Waals surface area (Å²) in [7, 11) is 0. The predicted octanol–water partition coefficient (Wildman–Crippen LogP) is 3.93. The second kappa shape index (κ2) is 13.2. The quantitative estimate of drug-likeness (QED) is 0.248. The third-order valence-electron chi connectivity index (χ3n) is 4.96. The molecule has 0 unspecified atom stereocenters. The number of anilines is 2. The lowest BCUT2D eigenvalue weighted by Crippen LogP contribution is -2.23.